The molecule has 0 unspecified atom stereocenters. The van der Waals surface area contributed by atoms with Crippen LogP contribution in [0, 0.1) is 22.7 Å². The summed E-state index contributed by atoms with van der Waals surface area (Å²) in [4.78, 5) is 26.5. The number of ether oxygens (including phenoxy) is 2. The molecule has 0 aromatic rings. The molecule has 0 saturated heterocycles. The van der Waals surface area contributed by atoms with Gasteiger partial charge in [0, 0.05) is 24.0 Å². The molecule has 34 heavy (non-hydrogen) atoms. The Balaban J connectivity index is 1.57. The van der Waals surface area contributed by atoms with Gasteiger partial charge in [-0.25, -0.2) is 9.59 Å². The highest BCUT2D eigenvalue weighted by atomic mass is 16.6. The number of esters is 2. The first kappa shape index (κ1) is 22.4. The molecule has 2 aliphatic heterocycles. The van der Waals surface area contributed by atoms with Crippen LogP contribution in [0.4, 0.5) is 0 Å². The fourth-order valence-corrected chi connectivity index (χ4v) is 9.18. The van der Waals surface area contributed by atoms with Gasteiger partial charge in [0.05, 0.1) is 0 Å². The topological polar surface area (TPSA) is 52.6 Å². The van der Waals surface area contributed by atoms with Crippen molar-refractivity contribution >= 4 is 11.9 Å². The highest BCUT2D eigenvalue weighted by Gasteiger charge is 2.74. The summed E-state index contributed by atoms with van der Waals surface area (Å²) in [7, 11) is 0. The van der Waals surface area contributed by atoms with E-state index in [0.717, 1.165) is 73.7 Å². The first-order valence-electron chi connectivity index (χ1n) is 13.2. The van der Waals surface area contributed by atoms with Crippen molar-refractivity contribution in [1.82, 2.24) is 0 Å². The summed E-state index contributed by atoms with van der Waals surface area (Å²) in [6.07, 6.45) is 9.48. The summed E-state index contributed by atoms with van der Waals surface area (Å²) in [5.41, 5.74) is 4.30. The van der Waals surface area contributed by atoms with Gasteiger partial charge < -0.3 is 9.47 Å². The molecule has 4 nitrogen and oxygen atoms in total. The number of carbonyl (C=O) groups is 2. The van der Waals surface area contributed by atoms with Crippen LogP contribution in [0.2, 0.25) is 0 Å². The van der Waals surface area contributed by atoms with Crippen molar-refractivity contribution in [1.29, 1.82) is 0 Å². The number of fused-ring (bicyclic) bond motifs is 5. The van der Waals surface area contributed by atoms with Gasteiger partial charge in [0.1, 0.15) is 0 Å². The summed E-state index contributed by atoms with van der Waals surface area (Å²) in [6, 6.07) is 0. The molecule has 2 heterocycles. The summed E-state index contributed by atoms with van der Waals surface area (Å²) in [5.74, 6) is 0.213. The second kappa shape index (κ2) is 6.77. The fourth-order valence-electron chi connectivity index (χ4n) is 9.18. The predicted octanol–water partition coefficient (Wildman–Crippen LogP) is 6.52. The monoisotopic (exact) mass is 462 g/mol. The molecule has 182 valence electrons. The Labute approximate surface area is 203 Å². The summed E-state index contributed by atoms with van der Waals surface area (Å²) >= 11 is 0. The van der Waals surface area contributed by atoms with Crippen molar-refractivity contribution in [3.8, 4) is 0 Å². The Bertz CT molecular complexity index is 1030. The van der Waals surface area contributed by atoms with Crippen molar-refractivity contribution in [3.05, 3.63) is 46.6 Å². The highest BCUT2D eigenvalue weighted by Crippen LogP contribution is 2.70. The van der Waals surface area contributed by atoms with Crippen LogP contribution in [-0.4, -0.2) is 23.1 Å². The fraction of sp³-hybridized carbons (Fsp3) is 0.667. The van der Waals surface area contributed by atoms with E-state index in [1.165, 1.54) is 11.1 Å². The van der Waals surface area contributed by atoms with E-state index in [-0.39, 0.29) is 22.8 Å². The summed E-state index contributed by atoms with van der Waals surface area (Å²) < 4.78 is 13.1. The van der Waals surface area contributed by atoms with Crippen LogP contribution in [-0.2, 0) is 19.1 Å². The molecule has 0 aromatic carbocycles. The minimum atomic E-state index is -0.910. The normalized spacial score (nSPS) is 46.0. The average molecular weight is 463 g/mol. The maximum Gasteiger partial charge on any atom is 0.334 e. The van der Waals surface area contributed by atoms with Crippen LogP contribution in [0.1, 0.15) is 91.9 Å². The van der Waals surface area contributed by atoms with E-state index < -0.39 is 11.2 Å². The third-order valence-electron chi connectivity index (χ3n) is 11.0. The Morgan fingerprint density at radius 3 is 1.50 bits per heavy atom. The van der Waals surface area contributed by atoms with Crippen molar-refractivity contribution in [2.75, 3.05) is 0 Å². The molecule has 0 aromatic heterocycles. The van der Waals surface area contributed by atoms with Gasteiger partial charge in [-0.1, -0.05) is 38.2 Å². The Morgan fingerprint density at radius 1 is 0.735 bits per heavy atom. The largest absolute Gasteiger partial charge is 0.446 e. The van der Waals surface area contributed by atoms with Crippen molar-refractivity contribution in [3.63, 3.8) is 0 Å². The van der Waals surface area contributed by atoms with Gasteiger partial charge in [0.25, 0.3) is 0 Å². The third kappa shape index (κ3) is 2.55. The van der Waals surface area contributed by atoms with Gasteiger partial charge in [-0.2, -0.15) is 0 Å². The van der Waals surface area contributed by atoms with E-state index in [9.17, 15) is 9.59 Å². The molecule has 6 atom stereocenters. The van der Waals surface area contributed by atoms with Gasteiger partial charge in [0.2, 0.25) is 0 Å². The van der Waals surface area contributed by atoms with Crippen LogP contribution < -0.4 is 0 Å². The minimum Gasteiger partial charge on any atom is -0.446 e. The number of hydrogen-bond acceptors (Lipinski definition) is 4. The standard InChI is InChI=1S/C30H38O4/c1-17-9-7-11-27(5)15-29(23(13-21(17)27)19(3)25(31)33-29)30-16-28(6)12-8-10-18(2)22(28)14-24(30)20(4)26(32)34-30/h21-22H,1-2,7-16H2,3-6H3/t21-,22-,27+,28+,29-,30-/m1/s1. The molecular formula is C30H38O4. The zero-order valence-electron chi connectivity index (χ0n) is 21.3. The van der Waals surface area contributed by atoms with E-state index >= 15 is 0 Å². The highest BCUT2D eigenvalue weighted by molar-refractivity contribution is 5.96. The molecule has 4 saturated carbocycles. The van der Waals surface area contributed by atoms with Crippen molar-refractivity contribution < 1.29 is 19.1 Å². The molecule has 4 fully saturated rings. The van der Waals surface area contributed by atoms with Crippen LogP contribution in [0.25, 0.3) is 0 Å². The Kier molecular flexibility index (Phi) is 4.45. The lowest BCUT2D eigenvalue weighted by Gasteiger charge is -2.61. The first-order chi connectivity index (χ1) is 16.0. The van der Waals surface area contributed by atoms with Crippen molar-refractivity contribution in [2.45, 2.75) is 103 Å². The van der Waals surface area contributed by atoms with Gasteiger partial charge in [-0.15, -0.1) is 0 Å². The lowest BCUT2D eigenvalue weighted by Crippen LogP contribution is -2.66. The summed E-state index contributed by atoms with van der Waals surface area (Å²) in [5, 5.41) is 0. The van der Waals surface area contributed by atoms with E-state index in [1.807, 2.05) is 13.8 Å². The van der Waals surface area contributed by atoms with Crippen LogP contribution >= 0.6 is 0 Å². The maximum atomic E-state index is 13.3. The SMILES string of the molecule is C=C1CCC[C@@]2(C)C[C@@]3([C@@]45C[C@]6(C)CCCC(=C)[C@H]6CC4=C(C)C(=O)O5)OC(=O)C(C)=C3C[C@H]12. The van der Waals surface area contributed by atoms with Crippen molar-refractivity contribution in [2.24, 2.45) is 22.7 Å². The van der Waals surface area contributed by atoms with E-state index in [1.54, 1.807) is 0 Å². The van der Waals surface area contributed by atoms with E-state index in [2.05, 4.69) is 27.0 Å². The van der Waals surface area contributed by atoms with Gasteiger partial charge in [-0.3, -0.25) is 0 Å². The minimum absolute atomic E-state index is 0.0274. The molecule has 4 aliphatic carbocycles. The van der Waals surface area contributed by atoms with Crippen LogP contribution in [0.5, 0.6) is 0 Å². The Hall–Kier alpha value is -2.10. The van der Waals surface area contributed by atoms with E-state index in [0.29, 0.717) is 24.7 Å². The molecule has 0 amide bonds. The Morgan fingerprint density at radius 2 is 1.12 bits per heavy atom. The number of rotatable bonds is 1. The predicted molar refractivity (Wildman–Crippen MR) is 131 cm³/mol. The first-order valence-corrected chi connectivity index (χ1v) is 13.2. The molecular weight excluding hydrogens is 424 g/mol. The van der Waals surface area contributed by atoms with Gasteiger partial charge in [0.15, 0.2) is 11.2 Å². The van der Waals surface area contributed by atoms with Gasteiger partial charge >= 0.3 is 11.9 Å². The maximum absolute atomic E-state index is 13.3. The molecule has 6 aliphatic rings. The number of allylic oxidation sites excluding steroid dienone is 2. The quantitative estimate of drug-likeness (QED) is 0.329. The molecule has 4 heteroatoms. The molecule has 0 spiro atoms. The van der Waals surface area contributed by atoms with Crippen LogP contribution in [0.3, 0.4) is 0 Å². The van der Waals surface area contributed by atoms with Gasteiger partial charge in [-0.05, 0) is 99.0 Å². The van der Waals surface area contributed by atoms with Crippen LogP contribution in [0.15, 0.2) is 46.6 Å². The molecule has 6 rings (SSSR count). The second-order valence-corrected chi connectivity index (χ2v) is 12.8. The molecule has 0 radical (unpaired) electrons. The lowest BCUT2D eigenvalue weighted by atomic mass is 9.46. The smallest absolute Gasteiger partial charge is 0.334 e. The zero-order valence-corrected chi connectivity index (χ0v) is 21.3. The lowest BCUT2D eigenvalue weighted by molar-refractivity contribution is -0.209. The molecule has 0 N–H and O–H groups in total. The molecule has 0 bridgehead atoms. The summed E-state index contributed by atoms with van der Waals surface area (Å²) in [6.45, 7) is 17.4. The zero-order chi connectivity index (χ0) is 24.3. The number of hydrogen-bond donors (Lipinski definition) is 0. The third-order valence-corrected chi connectivity index (χ3v) is 11.0. The number of carbonyl (C=O) groups excluding carboxylic acids is 2. The van der Waals surface area contributed by atoms with E-state index in [4.69, 9.17) is 9.47 Å². The average Bonchev–Trinajstić information content (AvgIpc) is 3.16. The second-order valence-electron chi connectivity index (χ2n) is 12.8.